The molecule has 0 spiro atoms. The number of amides is 1. The number of para-hydroxylation sites is 1. The molecule has 1 heterocycles. The summed E-state index contributed by atoms with van der Waals surface area (Å²) in [4.78, 5) is 38.1. The van der Waals surface area contributed by atoms with E-state index in [0.29, 0.717) is 12.1 Å². The smallest absolute Gasteiger partial charge is 0.323 e. The molecule has 0 atom stereocenters. The molecule has 0 radical (unpaired) electrons. The molecule has 0 bridgehead atoms. The van der Waals surface area contributed by atoms with Crippen molar-refractivity contribution in [1.82, 2.24) is 9.97 Å². The number of rotatable bonds is 5. The van der Waals surface area contributed by atoms with Crippen molar-refractivity contribution in [1.29, 1.82) is 0 Å². The second-order valence-electron chi connectivity index (χ2n) is 4.16. The Morgan fingerprint density at radius 1 is 1.25 bits per heavy atom. The van der Waals surface area contributed by atoms with Crippen LogP contribution >= 0.6 is 0 Å². The van der Waals surface area contributed by atoms with Crippen molar-refractivity contribution in [2.75, 3.05) is 5.32 Å². The lowest BCUT2D eigenvalue weighted by atomic mass is 10.1. The Morgan fingerprint density at radius 3 is 2.65 bits per heavy atom. The van der Waals surface area contributed by atoms with Crippen LogP contribution in [0.5, 0.6) is 0 Å². The van der Waals surface area contributed by atoms with Gasteiger partial charge >= 0.3 is 11.7 Å². The highest BCUT2D eigenvalue weighted by atomic mass is 16.4. The molecule has 0 aliphatic carbocycles. The lowest BCUT2D eigenvalue weighted by Crippen LogP contribution is -2.15. The Kier molecular flexibility index (Phi) is 3.99. The molecule has 1 aromatic heterocycles. The summed E-state index contributed by atoms with van der Waals surface area (Å²) in [6.45, 7) is 0. The first-order chi connectivity index (χ1) is 9.56. The summed E-state index contributed by atoms with van der Waals surface area (Å²) in [6.07, 6.45) is 1.57. The average Bonchev–Trinajstić information content (AvgIpc) is 2.84. The van der Waals surface area contributed by atoms with E-state index in [1.165, 1.54) is 6.20 Å². The first kappa shape index (κ1) is 13.6. The molecule has 20 heavy (non-hydrogen) atoms. The predicted molar refractivity (Wildman–Crippen MR) is 71.8 cm³/mol. The van der Waals surface area contributed by atoms with Gasteiger partial charge in [-0.15, -0.1) is 0 Å². The normalized spacial score (nSPS) is 10.2. The number of hydrogen-bond donors (Lipinski definition) is 4. The Labute approximate surface area is 113 Å². The quantitative estimate of drug-likeness (QED) is 0.650. The van der Waals surface area contributed by atoms with Crippen LogP contribution < -0.4 is 11.0 Å². The van der Waals surface area contributed by atoms with Crippen LogP contribution in [-0.2, 0) is 11.2 Å². The van der Waals surface area contributed by atoms with Gasteiger partial charge in [0.05, 0.1) is 0 Å². The van der Waals surface area contributed by atoms with Gasteiger partial charge in [0.1, 0.15) is 5.69 Å². The summed E-state index contributed by atoms with van der Waals surface area (Å²) in [5.41, 5.74) is 0.902. The van der Waals surface area contributed by atoms with Gasteiger partial charge in [-0.2, -0.15) is 0 Å². The number of carbonyl (C=O) groups excluding carboxylic acids is 1. The number of benzene rings is 1. The molecule has 0 unspecified atom stereocenters. The number of nitrogens with one attached hydrogen (secondary N) is 3. The lowest BCUT2D eigenvalue weighted by molar-refractivity contribution is -0.136. The predicted octanol–water partition coefficient (Wildman–Crippen LogP) is 0.972. The number of aliphatic carboxylic acids is 1. The van der Waals surface area contributed by atoms with E-state index >= 15 is 0 Å². The fourth-order valence-corrected chi connectivity index (χ4v) is 1.75. The summed E-state index contributed by atoms with van der Waals surface area (Å²) in [5.74, 6) is -1.37. The third kappa shape index (κ3) is 3.35. The van der Waals surface area contributed by atoms with E-state index in [9.17, 15) is 14.4 Å². The maximum absolute atomic E-state index is 11.9. The van der Waals surface area contributed by atoms with Crippen molar-refractivity contribution in [2.45, 2.75) is 12.8 Å². The van der Waals surface area contributed by atoms with E-state index in [2.05, 4.69) is 15.3 Å². The standard InChI is InChI=1S/C13H13N3O4/c17-11(18)6-5-8-3-1-2-4-9(8)15-12(19)10-7-14-13(20)16-10/h1-4,7H,5-6H2,(H,15,19)(H,17,18)(H2,14,16,20). The van der Waals surface area contributed by atoms with Gasteiger partial charge in [0.2, 0.25) is 0 Å². The average molecular weight is 275 g/mol. The van der Waals surface area contributed by atoms with Gasteiger partial charge in [-0.3, -0.25) is 9.59 Å². The number of aromatic amines is 2. The van der Waals surface area contributed by atoms with E-state index in [4.69, 9.17) is 5.11 Å². The first-order valence-corrected chi connectivity index (χ1v) is 5.95. The number of aromatic nitrogens is 2. The van der Waals surface area contributed by atoms with Crippen molar-refractivity contribution >= 4 is 17.6 Å². The van der Waals surface area contributed by atoms with Crippen LogP contribution in [0.1, 0.15) is 22.5 Å². The number of aryl methyl sites for hydroxylation is 1. The lowest BCUT2D eigenvalue weighted by Gasteiger charge is -2.09. The molecule has 0 aliphatic heterocycles. The van der Waals surface area contributed by atoms with Crippen LogP contribution in [0.2, 0.25) is 0 Å². The van der Waals surface area contributed by atoms with Gasteiger partial charge in [0.25, 0.3) is 5.91 Å². The van der Waals surface area contributed by atoms with Crippen LogP contribution in [0.4, 0.5) is 5.69 Å². The van der Waals surface area contributed by atoms with E-state index < -0.39 is 17.6 Å². The van der Waals surface area contributed by atoms with Crippen molar-refractivity contribution in [3.05, 3.63) is 52.2 Å². The van der Waals surface area contributed by atoms with Gasteiger partial charge in [0.15, 0.2) is 0 Å². The minimum absolute atomic E-state index is 0.0200. The van der Waals surface area contributed by atoms with Gasteiger partial charge in [-0.05, 0) is 18.1 Å². The summed E-state index contributed by atoms with van der Waals surface area (Å²) >= 11 is 0. The van der Waals surface area contributed by atoms with Crippen molar-refractivity contribution in [3.63, 3.8) is 0 Å². The third-order valence-corrected chi connectivity index (χ3v) is 2.71. The number of carbonyl (C=O) groups is 2. The second-order valence-corrected chi connectivity index (χ2v) is 4.16. The molecular weight excluding hydrogens is 262 g/mol. The van der Waals surface area contributed by atoms with Gasteiger partial charge in [-0.25, -0.2) is 4.79 Å². The Hall–Kier alpha value is -2.83. The van der Waals surface area contributed by atoms with Crippen molar-refractivity contribution in [3.8, 4) is 0 Å². The molecule has 7 heteroatoms. The number of carboxylic acid groups (broad SMARTS) is 1. The molecule has 1 amide bonds. The molecular formula is C13H13N3O4. The van der Waals surface area contributed by atoms with Crippen LogP contribution in [0, 0.1) is 0 Å². The van der Waals surface area contributed by atoms with E-state index in [1.54, 1.807) is 24.3 Å². The molecule has 0 aliphatic rings. The molecule has 7 nitrogen and oxygen atoms in total. The number of carboxylic acids is 1. The molecule has 2 aromatic rings. The molecule has 0 saturated heterocycles. The number of anilines is 1. The zero-order valence-electron chi connectivity index (χ0n) is 10.5. The number of imidazole rings is 1. The topological polar surface area (TPSA) is 115 Å². The monoisotopic (exact) mass is 275 g/mol. The molecule has 104 valence electrons. The van der Waals surface area contributed by atoms with Gasteiger partial charge in [0, 0.05) is 18.3 Å². The van der Waals surface area contributed by atoms with Gasteiger partial charge in [-0.1, -0.05) is 18.2 Å². The molecule has 1 aromatic carbocycles. The summed E-state index contributed by atoms with van der Waals surface area (Å²) in [7, 11) is 0. The fourth-order valence-electron chi connectivity index (χ4n) is 1.75. The van der Waals surface area contributed by atoms with E-state index in [0.717, 1.165) is 5.56 Å². The van der Waals surface area contributed by atoms with Crippen LogP contribution in [0.3, 0.4) is 0 Å². The summed E-state index contributed by atoms with van der Waals surface area (Å²) in [6, 6.07) is 6.93. The van der Waals surface area contributed by atoms with Crippen LogP contribution in [-0.4, -0.2) is 27.0 Å². The first-order valence-electron chi connectivity index (χ1n) is 5.95. The minimum atomic E-state index is -0.902. The van der Waals surface area contributed by atoms with Crippen molar-refractivity contribution in [2.24, 2.45) is 0 Å². The maximum atomic E-state index is 11.9. The van der Waals surface area contributed by atoms with Crippen molar-refractivity contribution < 1.29 is 14.7 Å². The highest BCUT2D eigenvalue weighted by Gasteiger charge is 2.11. The number of H-pyrrole nitrogens is 2. The summed E-state index contributed by atoms with van der Waals surface area (Å²) in [5, 5.41) is 11.3. The zero-order chi connectivity index (χ0) is 14.5. The highest BCUT2D eigenvalue weighted by molar-refractivity contribution is 6.03. The summed E-state index contributed by atoms with van der Waals surface area (Å²) < 4.78 is 0. The fraction of sp³-hybridized carbons (Fsp3) is 0.154. The number of hydrogen-bond acceptors (Lipinski definition) is 3. The second kappa shape index (κ2) is 5.87. The highest BCUT2D eigenvalue weighted by Crippen LogP contribution is 2.17. The van der Waals surface area contributed by atoms with Gasteiger partial charge < -0.3 is 20.4 Å². The molecule has 0 fully saturated rings. The molecule has 0 saturated carbocycles. The Morgan fingerprint density at radius 2 is 2.00 bits per heavy atom. The Balaban J connectivity index is 2.14. The van der Waals surface area contributed by atoms with E-state index in [1.807, 2.05) is 0 Å². The Bertz CT molecular complexity index is 687. The van der Waals surface area contributed by atoms with E-state index in [-0.39, 0.29) is 12.1 Å². The molecule has 4 N–H and O–H groups in total. The zero-order valence-corrected chi connectivity index (χ0v) is 10.5. The maximum Gasteiger partial charge on any atom is 0.323 e. The largest absolute Gasteiger partial charge is 0.481 e. The molecule has 2 rings (SSSR count). The minimum Gasteiger partial charge on any atom is -0.481 e. The van der Waals surface area contributed by atoms with Crippen LogP contribution in [0.15, 0.2) is 35.3 Å². The third-order valence-electron chi connectivity index (χ3n) is 2.71. The SMILES string of the molecule is O=C(O)CCc1ccccc1NC(=O)c1c[nH]c(=O)[nH]1. The van der Waals surface area contributed by atoms with Crippen LogP contribution in [0.25, 0.3) is 0 Å².